The molecule has 1 aliphatic heterocycles. The number of nitrogens with zero attached hydrogens (tertiary/aromatic N) is 4. The van der Waals surface area contributed by atoms with Gasteiger partial charge in [0.25, 0.3) is 0 Å². The average Bonchev–Trinajstić information content (AvgIpc) is 3.46. The molecule has 6 rings (SSSR count). The third-order valence-electron chi connectivity index (χ3n) is 6.47. The van der Waals surface area contributed by atoms with Crippen LogP contribution < -0.4 is 21.4 Å². The molecule has 0 bridgehead atoms. The molecule has 4 N–H and O–H groups in total. The molecule has 0 amide bonds. The zero-order valence-corrected chi connectivity index (χ0v) is 21.8. The van der Waals surface area contributed by atoms with Crippen molar-refractivity contribution >= 4 is 40.6 Å². The number of aryl methyl sites for hydroxylation is 1. The first-order valence-electron chi connectivity index (χ1n) is 12.9. The third kappa shape index (κ3) is 6.05. The third-order valence-corrected chi connectivity index (χ3v) is 6.47. The lowest BCUT2D eigenvalue weighted by molar-refractivity contribution is 0.620. The zero-order chi connectivity index (χ0) is 27.3. The summed E-state index contributed by atoms with van der Waals surface area (Å²) in [4.78, 5) is 13.6. The van der Waals surface area contributed by atoms with Crippen LogP contribution in [-0.4, -0.2) is 20.7 Å². The molecule has 0 saturated carbocycles. The van der Waals surface area contributed by atoms with Crippen LogP contribution in [0.4, 0.5) is 39.3 Å². The number of halogens is 1. The second-order valence-corrected chi connectivity index (χ2v) is 9.49. The number of nitrogens with one attached hydrogen (secondary N) is 4. The van der Waals surface area contributed by atoms with Gasteiger partial charge in [-0.3, -0.25) is 0 Å². The highest BCUT2D eigenvalue weighted by Crippen LogP contribution is 2.26. The summed E-state index contributed by atoms with van der Waals surface area (Å²) < 4.78 is 13.4. The Kier molecular flexibility index (Phi) is 7.00. The molecule has 9 heteroatoms. The fraction of sp³-hybridized carbons (Fsp3) is 0.0968. The lowest BCUT2D eigenvalue weighted by atomic mass is 9.98. The number of anilines is 6. The van der Waals surface area contributed by atoms with Crippen molar-refractivity contribution in [3.63, 3.8) is 0 Å². The van der Waals surface area contributed by atoms with Crippen LogP contribution in [0.25, 0.3) is 0 Å². The van der Waals surface area contributed by atoms with Crippen molar-refractivity contribution in [2.24, 2.45) is 5.10 Å². The molecule has 1 atom stereocenters. The molecular weight excluding hydrogens is 503 g/mol. The predicted molar refractivity (Wildman–Crippen MR) is 157 cm³/mol. The molecule has 1 aliphatic rings. The molecule has 40 heavy (non-hydrogen) atoms. The van der Waals surface area contributed by atoms with Gasteiger partial charge in [-0.2, -0.15) is 20.1 Å². The minimum absolute atomic E-state index is 0.168. The van der Waals surface area contributed by atoms with Gasteiger partial charge in [0.1, 0.15) is 5.82 Å². The second kappa shape index (κ2) is 11.2. The molecule has 0 saturated heterocycles. The fourth-order valence-electron chi connectivity index (χ4n) is 4.35. The standard InChI is InChI=1S/C31H27FN8/c1-20-7-9-21(10-8-20)27-19-28(40-39-27)22-11-15-25(16-12-22)34-30-36-29(33-24-5-3-2-4-6-24)37-31(38-30)35-26-17-13-23(32)14-18-26/h2-18,27,39H,19H2,1H3,(H3,33,34,35,36,37,38). The van der Waals surface area contributed by atoms with E-state index >= 15 is 0 Å². The molecule has 4 aromatic carbocycles. The van der Waals surface area contributed by atoms with E-state index in [0.29, 0.717) is 23.5 Å². The van der Waals surface area contributed by atoms with E-state index < -0.39 is 0 Å². The largest absolute Gasteiger partial charge is 0.324 e. The maximum Gasteiger partial charge on any atom is 0.233 e. The lowest BCUT2D eigenvalue weighted by Gasteiger charge is -2.12. The molecule has 0 aliphatic carbocycles. The van der Waals surface area contributed by atoms with E-state index in [1.54, 1.807) is 12.1 Å². The van der Waals surface area contributed by atoms with Gasteiger partial charge in [-0.15, -0.1) is 0 Å². The zero-order valence-electron chi connectivity index (χ0n) is 21.8. The van der Waals surface area contributed by atoms with E-state index in [1.165, 1.54) is 23.3 Å². The Bertz CT molecular complexity index is 1620. The first-order chi connectivity index (χ1) is 19.6. The van der Waals surface area contributed by atoms with Gasteiger partial charge < -0.3 is 21.4 Å². The summed E-state index contributed by atoms with van der Waals surface area (Å²) in [6.45, 7) is 2.09. The van der Waals surface area contributed by atoms with Crippen LogP contribution in [-0.2, 0) is 0 Å². The van der Waals surface area contributed by atoms with Crippen LogP contribution in [0.5, 0.6) is 0 Å². The normalized spacial score (nSPS) is 14.2. The van der Waals surface area contributed by atoms with Gasteiger partial charge in [0, 0.05) is 23.5 Å². The van der Waals surface area contributed by atoms with Crippen molar-refractivity contribution in [3.8, 4) is 0 Å². The number of hydrazone groups is 1. The summed E-state index contributed by atoms with van der Waals surface area (Å²) in [5, 5.41) is 14.2. The van der Waals surface area contributed by atoms with Gasteiger partial charge in [-0.1, -0.05) is 60.2 Å². The minimum Gasteiger partial charge on any atom is -0.324 e. The van der Waals surface area contributed by atoms with Crippen LogP contribution in [0.3, 0.4) is 0 Å². The van der Waals surface area contributed by atoms with Crippen molar-refractivity contribution < 1.29 is 4.39 Å². The van der Waals surface area contributed by atoms with Gasteiger partial charge in [-0.25, -0.2) is 4.39 Å². The first-order valence-corrected chi connectivity index (χ1v) is 12.9. The molecule has 0 fully saturated rings. The van der Waals surface area contributed by atoms with Crippen LogP contribution in [0.1, 0.15) is 29.2 Å². The van der Waals surface area contributed by atoms with Crippen LogP contribution in [0, 0.1) is 12.7 Å². The minimum atomic E-state index is -0.316. The van der Waals surface area contributed by atoms with E-state index in [2.05, 4.69) is 72.6 Å². The van der Waals surface area contributed by atoms with E-state index in [1.807, 2.05) is 54.6 Å². The molecule has 1 aromatic heterocycles. The Morgan fingerprint density at radius 2 is 1.18 bits per heavy atom. The quantitative estimate of drug-likeness (QED) is 0.172. The summed E-state index contributed by atoms with van der Waals surface area (Å²) in [6.07, 6.45) is 0.816. The molecule has 8 nitrogen and oxygen atoms in total. The van der Waals surface area contributed by atoms with Crippen molar-refractivity contribution in [2.75, 3.05) is 16.0 Å². The molecule has 0 spiro atoms. The number of hydrogen-bond acceptors (Lipinski definition) is 8. The molecular formula is C31H27FN8. The van der Waals surface area contributed by atoms with E-state index in [9.17, 15) is 4.39 Å². The summed E-state index contributed by atoms with van der Waals surface area (Å²) in [6, 6.07) is 32.3. The number of para-hydroxylation sites is 1. The van der Waals surface area contributed by atoms with Gasteiger partial charge in [0.15, 0.2) is 0 Å². The van der Waals surface area contributed by atoms with Crippen LogP contribution in [0.2, 0.25) is 0 Å². The Labute approximate surface area is 231 Å². The summed E-state index contributed by atoms with van der Waals surface area (Å²) in [7, 11) is 0. The predicted octanol–water partition coefficient (Wildman–Crippen LogP) is 6.99. The second-order valence-electron chi connectivity index (χ2n) is 9.49. The highest BCUT2D eigenvalue weighted by atomic mass is 19.1. The van der Waals surface area contributed by atoms with Crippen molar-refractivity contribution in [2.45, 2.75) is 19.4 Å². The molecule has 0 radical (unpaired) electrons. The highest BCUT2D eigenvalue weighted by Gasteiger charge is 2.21. The van der Waals surface area contributed by atoms with Crippen LogP contribution in [0.15, 0.2) is 108 Å². The van der Waals surface area contributed by atoms with E-state index in [-0.39, 0.29) is 11.9 Å². The molecule has 198 valence electrons. The van der Waals surface area contributed by atoms with Crippen LogP contribution >= 0.6 is 0 Å². The Morgan fingerprint density at radius 3 is 1.75 bits per heavy atom. The number of aromatic nitrogens is 3. The maximum absolute atomic E-state index is 13.4. The van der Waals surface area contributed by atoms with Crippen molar-refractivity contribution in [1.29, 1.82) is 0 Å². The van der Waals surface area contributed by atoms with Gasteiger partial charge >= 0.3 is 0 Å². The maximum atomic E-state index is 13.4. The van der Waals surface area contributed by atoms with E-state index in [0.717, 1.165) is 29.1 Å². The Morgan fingerprint density at radius 1 is 0.650 bits per heavy atom. The molecule has 2 heterocycles. The topological polar surface area (TPSA) is 99.2 Å². The monoisotopic (exact) mass is 530 g/mol. The smallest absolute Gasteiger partial charge is 0.233 e. The Balaban J connectivity index is 1.19. The van der Waals surface area contributed by atoms with Gasteiger partial charge in [0.05, 0.1) is 11.8 Å². The molecule has 5 aromatic rings. The summed E-state index contributed by atoms with van der Waals surface area (Å²) >= 11 is 0. The number of rotatable bonds is 8. The average molecular weight is 531 g/mol. The lowest BCUT2D eigenvalue weighted by Crippen LogP contribution is -2.09. The SMILES string of the molecule is Cc1ccc(C2CC(c3ccc(Nc4nc(Nc5ccccc5)nc(Nc5ccc(F)cc5)n4)cc3)=NN2)cc1. The van der Waals surface area contributed by atoms with E-state index in [4.69, 9.17) is 0 Å². The molecule has 1 unspecified atom stereocenters. The first kappa shape index (κ1) is 25.0. The summed E-state index contributed by atoms with van der Waals surface area (Å²) in [5.74, 6) is 0.708. The summed E-state index contributed by atoms with van der Waals surface area (Å²) in [5.41, 5.74) is 10.1. The van der Waals surface area contributed by atoms with Gasteiger partial charge in [0.2, 0.25) is 17.8 Å². The number of benzene rings is 4. The van der Waals surface area contributed by atoms with Crippen molar-refractivity contribution in [3.05, 3.63) is 126 Å². The van der Waals surface area contributed by atoms with Crippen molar-refractivity contribution in [1.82, 2.24) is 20.4 Å². The van der Waals surface area contributed by atoms with Gasteiger partial charge in [-0.05, 0) is 66.6 Å². The Hall–Kier alpha value is -5.31. The highest BCUT2D eigenvalue weighted by molar-refractivity contribution is 6.02. The number of hydrogen-bond donors (Lipinski definition) is 4. The fourth-order valence-corrected chi connectivity index (χ4v) is 4.35.